The molecule has 25 heavy (non-hydrogen) atoms. The van der Waals surface area contributed by atoms with Crippen LogP contribution in [0.1, 0.15) is 37.5 Å². The number of aliphatic hydroxyl groups excluding tert-OH is 1. The van der Waals surface area contributed by atoms with Crippen LogP contribution in [0.4, 0.5) is 0 Å². The van der Waals surface area contributed by atoms with Gasteiger partial charge in [0, 0.05) is 6.61 Å². The van der Waals surface area contributed by atoms with Crippen LogP contribution in [0.3, 0.4) is 0 Å². The zero-order valence-corrected chi connectivity index (χ0v) is 14.8. The van der Waals surface area contributed by atoms with Crippen LogP contribution in [0.5, 0.6) is 0 Å². The van der Waals surface area contributed by atoms with Crippen LogP contribution in [-0.2, 0) is 20.8 Å². The van der Waals surface area contributed by atoms with Crippen molar-refractivity contribution in [1.82, 2.24) is 0 Å². The van der Waals surface area contributed by atoms with Crippen LogP contribution >= 0.6 is 0 Å². The van der Waals surface area contributed by atoms with Gasteiger partial charge < -0.3 is 19.3 Å². The van der Waals surface area contributed by atoms with Gasteiger partial charge >= 0.3 is 0 Å². The van der Waals surface area contributed by atoms with E-state index in [-0.39, 0.29) is 6.10 Å². The van der Waals surface area contributed by atoms with Gasteiger partial charge in [0.1, 0.15) is 12.2 Å². The van der Waals surface area contributed by atoms with E-state index in [1.165, 1.54) is 0 Å². The molecule has 0 bridgehead atoms. The molecule has 3 rings (SSSR count). The molecule has 0 unspecified atom stereocenters. The van der Waals surface area contributed by atoms with Gasteiger partial charge in [0.15, 0.2) is 5.79 Å². The lowest BCUT2D eigenvalue weighted by Gasteiger charge is -2.22. The van der Waals surface area contributed by atoms with Crippen LogP contribution in [-0.4, -0.2) is 29.7 Å². The Labute approximate surface area is 149 Å². The predicted molar refractivity (Wildman–Crippen MR) is 95.9 cm³/mol. The Morgan fingerprint density at radius 3 is 2.32 bits per heavy atom. The maximum absolute atomic E-state index is 10.7. The summed E-state index contributed by atoms with van der Waals surface area (Å²) < 4.78 is 17.7. The van der Waals surface area contributed by atoms with Crippen molar-refractivity contribution in [1.29, 1.82) is 0 Å². The molecular formula is C21H26O4. The minimum Gasteiger partial charge on any atom is -0.386 e. The largest absolute Gasteiger partial charge is 0.386 e. The second-order valence-corrected chi connectivity index (χ2v) is 6.82. The first-order chi connectivity index (χ1) is 12.1. The number of ether oxygens (including phenoxy) is 3. The van der Waals surface area contributed by atoms with Gasteiger partial charge in [0.25, 0.3) is 0 Å². The van der Waals surface area contributed by atoms with Crippen molar-refractivity contribution < 1.29 is 19.3 Å². The maximum atomic E-state index is 10.7. The van der Waals surface area contributed by atoms with Gasteiger partial charge in [-0.15, -0.1) is 0 Å². The fourth-order valence-electron chi connectivity index (χ4n) is 3.16. The molecule has 4 heteroatoms. The Bertz CT molecular complexity index is 641. The Balaban J connectivity index is 1.56. The highest BCUT2D eigenvalue weighted by Gasteiger charge is 2.44. The van der Waals surface area contributed by atoms with Gasteiger partial charge in [-0.05, 0) is 31.4 Å². The molecule has 1 aliphatic heterocycles. The fourth-order valence-corrected chi connectivity index (χ4v) is 3.16. The van der Waals surface area contributed by atoms with Crippen molar-refractivity contribution in [2.75, 3.05) is 6.61 Å². The van der Waals surface area contributed by atoms with Crippen LogP contribution in [0.15, 0.2) is 60.7 Å². The first kappa shape index (κ1) is 18.1. The molecule has 0 amide bonds. The van der Waals surface area contributed by atoms with Crippen molar-refractivity contribution in [2.24, 2.45) is 0 Å². The number of aliphatic hydroxyl groups is 1. The molecule has 134 valence electrons. The van der Waals surface area contributed by atoms with E-state index in [1.54, 1.807) is 0 Å². The van der Waals surface area contributed by atoms with Gasteiger partial charge in [0.05, 0.1) is 12.7 Å². The zero-order chi connectivity index (χ0) is 17.7. The number of hydrogen-bond donors (Lipinski definition) is 1. The first-order valence-electron chi connectivity index (χ1n) is 8.75. The van der Waals surface area contributed by atoms with Crippen molar-refractivity contribution in [3.8, 4) is 0 Å². The predicted octanol–water partition coefficient (Wildman–Crippen LogP) is 3.85. The molecular weight excluding hydrogens is 316 g/mol. The van der Waals surface area contributed by atoms with Crippen LogP contribution < -0.4 is 0 Å². The molecule has 2 aromatic carbocycles. The molecule has 1 saturated heterocycles. The summed E-state index contributed by atoms with van der Waals surface area (Å²) in [4.78, 5) is 0. The topological polar surface area (TPSA) is 47.9 Å². The molecule has 1 aliphatic rings. The number of benzene rings is 2. The highest BCUT2D eigenvalue weighted by molar-refractivity contribution is 5.19. The van der Waals surface area contributed by atoms with Crippen LogP contribution in [0.2, 0.25) is 0 Å². The zero-order valence-electron chi connectivity index (χ0n) is 14.8. The van der Waals surface area contributed by atoms with Crippen molar-refractivity contribution in [3.05, 3.63) is 71.8 Å². The van der Waals surface area contributed by atoms with Gasteiger partial charge in [-0.25, -0.2) is 0 Å². The number of rotatable bonds is 7. The van der Waals surface area contributed by atoms with Gasteiger partial charge in [-0.3, -0.25) is 0 Å². The van der Waals surface area contributed by atoms with Crippen molar-refractivity contribution in [2.45, 2.75) is 51.0 Å². The van der Waals surface area contributed by atoms with Gasteiger partial charge in [-0.1, -0.05) is 60.7 Å². The molecule has 0 radical (unpaired) electrons. The fraction of sp³-hybridized carbons (Fsp3) is 0.429. The maximum Gasteiger partial charge on any atom is 0.163 e. The third kappa shape index (κ3) is 4.89. The normalized spacial score (nSPS) is 23.5. The lowest BCUT2D eigenvalue weighted by atomic mass is 9.99. The molecule has 1 heterocycles. The second-order valence-electron chi connectivity index (χ2n) is 6.82. The summed E-state index contributed by atoms with van der Waals surface area (Å²) >= 11 is 0. The molecule has 1 fully saturated rings. The third-order valence-electron chi connectivity index (χ3n) is 4.33. The van der Waals surface area contributed by atoms with Gasteiger partial charge in [-0.2, -0.15) is 0 Å². The van der Waals surface area contributed by atoms with E-state index >= 15 is 0 Å². The quantitative estimate of drug-likeness (QED) is 0.777. The minimum absolute atomic E-state index is 0.207. The van der Waals surface area contributed by atoms with E-state index in [4.69, 9.17) is 14.2 Å². The van der Waals surface area contributed by atoms with E-state index in [0.717, 1.165) is 11.1 Å². The highest BCUT2D eigenvalue weighted by Crippen LogP contribution is 2.36. The van der Waals surface area contributed by atoms with E-state index in [1.807, 2.05) is 74.5 Å². The Morgan fingerprint density at radius 2 is 1.64 bits per heavy atom. The van der Waals surface area contributed by atoms with E-state index in [9.17, 15) is 5.11 Å². The Morgan fingerprint density at radius 1 is 1.00 bits per heavy atom. The van der Waals surface area contributed by atoms with Crippen molar-refractivity contribution in [3.63, 3.8) is 0 Å². The molecule has 0 aromatic heterocycles. The second kappa shape index (κ2) is 8.11. The summed E-state index contributed by atoms with van der Waals surface area (Å²) in [6, 6.07) is 19.6. The average molecular weight is 342 g/mol. The molecule has 1 N–H and O–H groups in total. The summed E-state index contributed by atoms with van der Waals surface area (Å²) in [7, 11) is 0. The van der Waals surface area contributed by atoms with Crippen molar-refractivity contribution >= 4 is 0 Å². The van der Waals surface area contributed by atoms with E-state index in [0.29, 0.717) is 19.6 Å². The molecule has 0 aliphatic carbocycles. The molecule has 4 nitrogen and oxygen atoms in total. The molecule has 3 atom stereocenters. The lowest BCUT2D eigenvalue weighted by Crippen LogP contribution is -2.30. The van der Waals surface area contributed by atoms with Gasteiger partial charge in [0.2, 0.25) is 0 Å². The average Bonchev–Trinajstić information content (AvgIpc) is 2.94. The highest BCUT2D eigenvalue weighted by atomic mass is 16.8. The smallest absolute Gasteiger partial charge is 0.163 e. The molecule has 0 saturated carbocycles. The Kier molecular flexibility index (Phi) is 5.86. The Hall–Kier alpha value is -1.72. The third-order valence-corrected chi connectivity index (χ3v) is 4.33. The van der Waals surface area contributed by atoms with E-state index < -0.39 is 18.0 Å². The molecule has 2 aromatic rings. The van der Waals surface area contributed by atoms with Crippen LogP contribution in [0.25, 0.3) is 0 Å². The summed E-state index contributed by atoms with van der Waals surface area (Å²) in [6.45, 7) is 4.88. The lowest BCUT2D eigenvalue weighted by molar-refractivity contribution is -0.156. The number of hydrogen-bond acceptors (Lipinski definition) is 4. The minimum atomic E-state index is -0.720. The molecule has 0 spiro atoms. The SMILES string of the molecule is CC1(C)O[C@H]([C@H](O)c2ccccc2)[C@@H](CCOCc2ccccc2)O1. The van der Waals surface area contributed by atoms with Crippen LogP contribution in [0, 0.1) is 0 Å². The summed E-state index contributed by atoms with van der Waals surface area (Å²) in [5, 5.41) is 10.7. The van der Waals surface area contributed by atoms with E-state index in [2.05, 4.69) is 0 Å². The standard InChI is InChI=1S/C21H26O4/c1-21(2)24-18(13-14-23-15-16-9-5-3-6-10-16)20(25-21)19(22)17-11-7-4-8-12-17/h3-12,18-20,22H,13-15H2,1-2H3/t18-,19-,20+/m1/s1. The monoisotopic (exact) mass is 342 g/mol. The first-order valence-corrected chi connectivity index (χ1v) is 8.75. The summed E-state index contributed by atoms with van der Waals surface area (Å²) in [5.74, 6) is -0.704. The summed E-state index contributed by atoms with van der Waals surface area (Å²) in [5.41, 5.74) is 1.98. The summed E-state index contributed by atoms with van der Waals surface area (Å²) in [6.07, 6.45) is -0.661.